The van der Waals surface area contributed by atoms with Gasteiger partial charge in [-0.15, -0.1) is 0 Å². The van der Waals surface area contributed by atoms with Crippen molar-refractivity contribution in [3.8, 4) is 16.9 Å². The Labute approximate surface area is 100 Å². The minimum atomic E-state index is 0.565. The zero-order chi connectivity index (χ0) is 12.1. The van der Waals surface area contributed by atoms with Gasteiger partial charge < -0.3 is 4.74 Å². The Kier molecular flexibility index (Phi) is 3.50. The lowest BCUT2D eigenvalue weighted by Crippen LogP contribution is -1.95. The molecule has 3 nitrogen and oxygen atoms in total. The molecule has 1 aromatic heterocycles. The third-order valence-electron chi connectivity index (χ3n) is 2.41. The van der Waals surface area contributed by atoms with Crippen molar-refractivity contribution in [2.24, 2.45) is 0 Å². The van der Waals surface area contributed by atoms with Crippen LogP contribution >= 0.6 is 0 Å². The highest BCUT2D eigenvalue weighted by Gasteiger charge is 2.07. The van der Waals surface area contributed by atoms with Crippen molar-refractivity contribution in [2.75, 3.05) is 6.61 Å². The van der Waals surface area contributed by atoms with E-state index in [0.717, 1.165) is 17.4 Å². The van der Waals surface area contributed by atoms with Gasteiger partial charge in [-0.05, 0) is 25.1 Å². The zero-order valence-corrected chi connectivity index (χ0v) is 9.59. The molecule has 0 aliphatic heterocycles. The van der Waals surface area contributed by atoms with Crippen LogP contribution in [-0.2, 0) is 0 Å². The summed E-state index contributed by atoms with van der Waals surface area (Å²) in [6.07, 6.45) is 4.32. The number of aldehydes is 1. The normalized spacial score (nSPS) is 9.94. The first-order chi connectivity index (χ1) is 8.35. The molecule has 0 amide bonds. The number of benzene rings is 1. The molecular weight excluding hydrogens is 214 g/mol. The summed E-state index contributed by atoms with van der Waals surface area (Å²) in [5, 5.41) is 0. The van der Waals surface area contributed by atoms with Crippen LogP contribution in [0, 0.1) is 0 Å². The molecule has 1 aromatic carbocycles. The Morgan fingerprint density at radius 3 is 2.88 bits per heavy atom. The monoisotopic (exact) mass is 227 g/mol. The van der Waals surface area contributed by atoms with Gasteiger partial charge in [-0.1, -0.05) is 12.1 Å². The third-order valence-corrected chi connectivity index (χ3v) is 2.41. The average molecular weight is 227 g/mol. The standard InChI is InChI=1S/C14H13NO2/c1-2-17-14-8-11(10-16)5-6-13(14)12-4-3-7-15-9-12/h3-10H,2H2,1H3. The van der Waals surface area contributed by atoms with Gasteiger partial charge in [0.15, 0.2) is 0 Å². The molecule has 0 aliphatic carbocycles. The number of hydrogen-bond acceptors (Lipinski definition) is 3. The maximum absolute atomic E-state index is 10.7. The number of ether oxygens (including phenoxy) is 1. The second-order valence-corrected chi connectivity index (χ2v) is 3.55. The number of carbonyl (C=O) groups excluding carboxylic acids is 1. The summed E-state index contributed by atoms with van der Waals surface area (Å²) >= 11 is 0. The molecular formula is C14H13NO2. The van der Waals surface area contributed by atoms with Crippen LogP contribution in [0.5, 0.6) is 5.75 Å². The lowest BCUT2D eigenvalue weighted by molar-refractivity contribution is 0.112. The summed E-state index contributed by atoms with van der Waals surface area (Å²) in [4.78, 5) is 14.8. The highest BCUT2D eigenvalue weighted by atomic mass is 16.5. The summed E-state index contributed by atoms with van der Waals surface area (Å²) in [7, 11) is 0. The zero-order valence-electron chi connectivity index (χ0n) is 9.59. The van der Waals surface area contributed by atoms with E-state index in [1.165, 1.54) is 0 Å². The molecule has 0 N–H and O–H groups in total. The van der Waals surface area contributed by atoms with E-state index in [1.807, 2.05) is 25.1 Å². The van der Waals surface area contributed by atoms with Crippen molar-refractivity contribution in [3.05, 3.63) is 48.3 Å². The molecule has 0 spiro atoms. The van der Waals surface area contributed by atoms with Crippen LogP contribution < -0.4 is 4.74 Å². The molecule has 0 bridgehead atoms. The van der Waals surface area contributed by atoms with E-state index in [4.69, 9.17) is 4.74 Å². The summed E-state index contributed by atoms with van der Waals surface area (Å²) in [5.74, 6) is 0.713. The molecule has 2 aromatic rings. The Balaban J connectivity index is 2.49. The fraction of sp³-hybridized carbons (Fsp3) is 0.143. The first-order valence-electron chi connectivity index (χ1n) is 5.47. The van der Waals surface area contributed by atoms with Crippen LogP contribution in [0.25, 0.3) is 11.1 Å². The molecule has 0 atom stereocenters. The molecule has 17 heavy (non-hydrogen) atoms. The fourth-order valence-electron chi connectivity index (χ4n) is 1.65. The van der Waals surface area contributed by atoms with Gasteiger partial charge in [-0.2, -0.15) is 0 Å². The molecule has 0 fully saturated rings. The molecule has 0 radical (unpaired) electrons. The molecule has 0 unspecified atom stereocenters. The maximum Gasteiger partial charge on any atom is 0.150 e. The first-order valence-corrected chi connectivity index (χ1v) is 5.47. The predicted octanol–water partition coefficient (Wildman–Crippen LogP) is 2.96. The van der Waals surface area contributed by atoms with E-state index in [0.29, 0.717) is 17.9 Å². The van der Waals surface area contributed by atoms with E-state index < -0.39 is 0 Å². The number of nitrogens with zero attached hydrogens (tertiary/aromatic N) is 1. The van der Waals surface area contributed by atoms with Crippen molar-refractivity contribution in [1.82, 2.24) is 4.98 Å². The van der Waals surface area contributed by atoms with Gasteiger partial charge in [0.2, 0.25) is 0 Å². The first kappa shape index (κ1) is 11.3. The number of rotatable bonds is 4. The van der Waals surface area contributed by atoms with Gasteiger partial charge in [-0.3, -0.25) is 9.78 Å². The van der Waals surface area contributed by atoms with Gasteiger partial charge in [0, 0.05) is 29.1 Å². The maximum atomic E-state index is 10.7. The Hall–Kier alpha value is -2.16. The molecule has 86 valence electrons. The van der Waals surface area contributed by atoms with Crippen LogP contribution in [0.3, 0.4) is 0 Å². The molecule has 0 saturated heterocycles. The summed E-state index contributed by atoms with van der Waals surface area (Å²) in [6, 6.07) is 9.24. The second-order valence-electron chi connectivity index (χ2n) is 3.55. The summed E-state index contributed by atoms with van der Waals surface area (Å²) in [6.45, 7) is 2.48. The topological polar surface area (TPSA) is 39.2 Å². The fourth-order valence-corrected chi connectivity index (χ4v) is 1.65. The lowest BCUT2D eigenvalue weighted by Gasteiger charge is -2.10. The summed E-state index contributed by atoms with van der Waals surface area (Å²) in [5.41, 5.74) is 2.54. The molecule has 1 heterocycles. The Morgan fingerprint density at radius 1 is 1.35 bits per heavy atom. The van der Waals surface area contributed by atoms with Crippen molar-refractivity contribution in [3.63, 3.8) is 0 Å². The van der Waals surface area contributed by atoms with Crippen molar-refractivity contribution >= 4 is 6.29 Å². The van der Waals surface area contributed by atoms with Crippen LogP contribution in [0.2, 0.25) is 0 Å². The van der Waals surface area contributed by atoms with Crippen LogP contribution in [-0.4, -0.2) is 17.9 Å². The summed E-state index contributed by atoms with van der Waals surface area (Å²) < 4.78 is 5.55. The SMILES string of the molecule is CCOc1cc(C=O)ccc1-c1cccnc1. The van der Waals surface area contributed by atoms with E-state index in [2.05, 4.69) is 4.98 Å². The highest BCUT2D eigenvalue weighted by molar-refractivity contribution is 5.80. The largest absolute Gasteiger partial charge is 0.493 e. The van der Waals surface area contributed by atoms with E-state index in [1.54, 1.807) is 24.5 Å². The molecule has 3 heteroatoms. The van der Waals surface area contributed by atoms with Gasteiger partial charge in [0.1, 0.15) is 12.0 Å². The predicted molar refractivity (Wildman–Crippen MR) is 66.2 cm³/mol. The van der Waals surface area contributed by atoms with E-state index in [9.17, 15) is 4.79 Å². The van der Waals surface area contributed by atoms with Crippen molar-refractivity contribution < 1.29 is 9.53 Å². The number of pyridine rings is 1. The Bertz CT molecular complexity index is 509. The van der Waals surface area contributed by atoms with Gasteiger partial charge in [0.25, 0.3) is 0 Å². The van der Waals surface area contributed by atoms with Crippen LogP contribution in [0.15, 0.2) is 42.7 Å². The second kappa shape index (κ2) is 5.25. The highest BCUT2D eigenvalue weighted by Crippen LogP contribution is 2.30. The van der Waals surface area contributed by atoms with Crippen molar-refractivity contribution in [1.29, 1.82) is 0 Å². The molecule has 0 saturated carbocycles. The average Bonchev–Trinajstić information content (AvgIpc) is 2.40. The third kappa shape index (κ3) is 2.50. The molecule has 0 aliphatic rings. The van der Waals surface area contributed by atoms with E-state index in [-0.39, 0.29) is 0 Å². The smallest absolute Gasteiger partial charge is 0.150 e. The number of carbonyl (C=O) groups is 1. The minimum absolute atomic E-state index is 0.565. The quantitative estimate of drug-likeness (QED) is 0.754. The van der Waals surface area contributed by atoms with Gasteiger partial charge in [0.05, 0.1) is 6.61 Å². The minimum Gasteiger partial charge on any atom is -0.493 e. The number of aromatic nitrogens is 1. The van der Waals surface area contributed by atoms with Crippen molar-refractivity contribution in [2.45, 2.75) is 6.92 Å². The van der Waals surface area contributed by atoms with Gasteiger partial charge in [-0.25, -0.2) is 0 Å². The number of hydrogen-bond donors (Lipinski definition) is 0. The van der Waals surface area contributed by atoms with Crippen LogP contribution in [0.1, 0.15) is 17.3 Å². The van der Waals surface area contributed by atoms with Crippen LogP contribution in [0.4, 0.5) is 0 Å². The van der Waals surface area contributed by atoms with Gasteiger partial charge >= 0.3 is 0 Å². The molecule has 2 rings (SSSR count). The van der Waals surface area contributed by atoms with E-state index >= 15 is 0 Å². The Morgan fingerprint density at radius 2 is 2.24 bits per heavy atom. The lowest BCUT2D eigenvalue weighted by atomic mass is 10.0.